The van der Waals surface area contributed by atoms with E-state index in [9.17, 15) is 4.39 Å². The molecule has 25 heavy (non-hydrogen) atoms. The van der Waals surface area contributed by atoms with Crippen LogP contribution in [0.5, 0.6) is 0 Å². The SMILES string of the molecule is [2H]C([2H])([2H])c1c[n+](C)c(-c2c(C)ccc3c2[se]c2ccc([N+]#[C-])cc23)cc1F. The van der Waals surface area contributed by atoms with Crippen molar-refractivity contribution in [2.45, 2.75) is 13.8 Å². The van der Waals surface area contributed by atoms with Crippen molar-refractivity contribution in [2.75, 3.05) is 0 Å². The molecule has 0 amide bonds. The van der Waals surface area contributed by atoms with Gasteiger partial charge in [-0.3, -0.25) is 0 Å². The molecule has 0 atom stereocenters. The van der Waals surface area contributed by atoms with Gasteiger partial charge in [0.25, 0.3) is 0 Å². The third kappa shape index (κ3) is 2.48. The van der Waals surface area contributed by atoms with Gasteiger partial charge >= 0.3 is 156 Å². The van der Waals surface area contributed by atoms with Gasteiger partial charge in [-0.2, -0.15) is 0 Å². The summed E-state index contributed by atoms with van der Waals surface area (Å²) in [6, 6.07) is 11.1. The number of aromatic nitrogens is 1. The average molecular weight is 397 g/mol. The van der Waals surface area contributed by atoms with Crippen molar-refractivity contribution in [3.8, 4) is 11.3 Å². The Bertz CT molecular complexity index is 1300. The fourth-order valence-corrected chi connectivity index (χ4v) is 5.89. The molecule has 122 valence electrons. The maximum atomic E-state index is 14.7. The number of rotatable bonds is 1. The summed E-state index contributed by atoms with van der Waals surface area (Å²) in [6.07, 6.45) is 1.36. The van der Waals surface area contributed by atoms with Crippen LogP contribution in [0.4, 0.5) is 10.1 Å². The summed E-state index contributed by atoms with van der Waals surface area (Å²) >= 11 is 0.0265. The first-order chi connectivity index (χ1) is 13.2. The fraction of sp³-hybridized carbons (Fsp3) is 0.143. The van der Waals surface area contributed by atoms with Gasteiger partial charge in [0.15, 0.2) is 0 Å². The van der Waals surface area contributed by atoms with Crippen molar-refractivity contribution in [1.29, 1.82) is 0 Å². The van der Waals surface area contributed by atoms with Crippen molar-refractivity contribution in [3.63, 3.8) is 0 Å². The molecule has 0 aliphatic carbocycles. The van der Waals surface area contributed by atoms with Crippen LogP contribution in [0.2, 0.25) is 0 Å². The summed E-state index contributed by atoms with van der Waals surface area (Å²) in [5, 5.41) is 2.13. The zero-order valence-corrected chi connectivity index (χ0v) is 15.4. The second-order valence-electron chi connectivity index (χ2n) is 6.06. The van der Waals surface area contributed by atoms with E-state index in [-0.39, 0.29) is 20.1 Å². The summed E-state index contributed by atoms with van der Waals surface area (Å²) in [5.41, 5.74) is 2.93. The van der Waals surface area contributed by atoms with Gasteiger partial charge in [-0.25, -0.2) is 0 Å². The number of fused-ring (bicyclic) bond motifs is 3. The molecule has 0 saturated heterocycles. The summed E-state index contributed by atoms with van der Waals surface area (Å²) in [6.45, 7) is 6.75. The van der Waals surface area contributed by atoms with Crippen LogP contribution in [0.15, 0.2) is 42.6 Å². The van der Waals surface area contributed by atoms with Crippen LogP contribution in [0.25, 0.3) is 35.4 Å². The van der Waals surface area contributed by atoms with Gasteiger partial charge in [-0.1, -0.05) is 0 Å². The van der Waals surface area contributed by atoms with Crippen molar-refractivity contribution in [1.82, 2.24) is 0 Å². The normalized spacial score (nSPS) is 13.4. The molecule has 2 heterocycles. The number of pyridine rings is 1. The van der Waals surface area contributed by atoms with E-state index >= 15 is 0 Å². The van der Waals surface area contributed by atoms with E-state index in [0.29, 0.717) is 11.4 Å². The van der Waals surface area contributed by atoms with E-state index in [1.807, 2.05) is 31.2 Å². The molecule has 0 bridgehead atoms. The minimum absolute atomic E-state index is 0.0265. The molecular formula is C21H16FN2Se+. The van der Waals surface area contributed by atoms with Crippen LogP contribution < -0.4 is 4.57 Å². The molecule has 4 aromatic rings. The first kappa shape index (κ1) is 12.8. The zero-order valence-electron chi connectivity index (χ0n) is 16.7. The van der Waals surface area contributed by atoms with Gasteiger partial charge in [0, 0.05) is 0 Å². The molecule has 0 radical (unpaired) electrons. The van der Waals surface area contributed by atoms with Gasteiger partial charge in [0.2, 0.25) is 0 Å². The summed E-state index contributed by atoms with van der Waals surface area (Å²) in [5.74, 6) is -0.719. The van der Waals surface area contributed by atoms with Crippen LogP contribution in [0.1, 0.15) is 15.2 Å². The van der Waals surface area contributed by atoms with E-state index in [4.69, 9.17) is 10.7 Å². The van der Waals surface area contributed by atoms with Gasteiger partial charge in [0.05, 0.1) is 0 Å². The number of aryl methyl sites for hydroxylation is 3. The second kappa shape index (κ2) is 5.81. The molecule has 0 aliphatic heterocycles. The van der Waals surface area contributed by atoms with Crippen LogP contribution in [0.3, 0.4) is 0 Å². The van der Waals surface area contributed by atoms with E-state index in [0.717, 1.165) is 26.2 Å². The third-order valence-corrected chi connectivity index (χ3v) is 6.97. The molecule has 2 aromatic heterocycles. The van der Waals surface area contributed by atoms with Crippen molar-refractivity contribution in [3.05, 3.63) is 71.0 Å². The van der Waals surface area contributed by atoms with Crippen molar-refractivity contribution >= 4 is 39.5 Å². The molecule has 2 nitrogen and oxygen atoms in total. The van der Waals surface area contributed by atoms with Gasteiger partial charge in [0.1, 0.15) is 0 Å². The molecule has 0 unspecified atom stereocenters. The third-order valence-electron chi connectivity index (χ3n) is 4.44. The van der Waals surface area contributed by atoms with Crippen LogP contribution in [0, 0.1) is 26.2 Å². The van der Waals surface area contributed by atoms with E-state index in [2.05, 4.69) is 10.9 Å². The quantitative estimate of drug-likeness (QED) is 0.247. The first-order valence-electron chi connectivity index (χ1n) is 9.24. The molecule has 0 spiro atoms. The van der Waals surface area contributed by atoms with Gasteiger partial charge in [-0.05, 0) is 0 Å². The van der Waals surface area contributed by atoms with Crippen LogP contribution >= 0.6 is 0 Å². The summed E-state index contributed by atoms with van der Waals surface area (Å²) < 4.78 is 41.3. The number of benzene rings is 2. The molecular weight excluding hydrogens is 378 g/mol. The zero-order chi connectivity index (χ0) is 20.2. The number of hydrogen-bond acceptors (Lipinski definition) is 0. The Balaban J connectivity index is 2.06. The Hall–Kier alpha value is -2.47. The van der Waals surface area contributed by atoms with E-state index in [1.165, 1.54) is 16.5 Å². The van der Waals surface area contributed by atoms with E-state index in [1.54, 1.807) is 11.6 Å². The Kier molecular flexibility index (Phi) is 2.98. The molecule has 2 aromatic carbocycles. The minimum atomic E-state index is -2.50. The number of nitrogens with zero attached hydrogens (tertiary/aromatic N) is 2. The van der Waals surface area contributed by atoms with Crippen molar-refractivity contribution in [2.24, 2.45) is 7.05 Å². The summed E-state index contributed by atoms with van der Waals surface area (Å²) in [7, 11) is 1.75. The van der Waals surface area contributed by atoms with Crippen molar-refractivity contribution < 1.29 is 13.1 Å². The Morgan fingerprint density at radius 3 is 2.76 bits per heavy atom. The van der Waals surface area contributed by atoms with Gasteiger partial charge < -0.3 is 0 Å². The molecule has 4 rings (SSSR count). The van der Waals surface area contributed by atoms with Gasteiger partial charge in [-0.15, -0.1) is 0 Å². The predicted molar refractivity (Wildman–Crippen MR) is 101 cm³/mol. The number of hydrogen-bond donors (Lipinski definition) is 0. The summed E-state index contributed by atoms with van der Waals surface area (Å²) in [4.78, 5) is 3.53. The van der Waals surface area contributed by atoms with Crippen LogP contribution in [-0.4, -0.2) is 14.5 Å². The fourth-order valence-electron chi connectivity index (χ4n) is 3.19. The molecule has 0 aliphatic rings. The van der Waals surface area contributed by atoms with E-state index < -0.39 is 12.7 Å². The average Bonchev–Trinajstić information content (AvgIpc) is 3.00. The van der Waals surface area contributed by atoms with Crippen LogP contribution in [-0.2, 0) is 7.05 Å². The molecule has 0 fully saturated rings. The monoisotopic (exact) mass is 398 g/mol. The topological polar surface area (TPSA) is 8.24 Å². The molecule has 4 heteroatoms. The Labute approximate surface area is 155 Å². The maximum absolute atomic E-state index is 14.7. The Morgan fingerprint density at radius 1 is 1.16 bits per heavy atom. The molecule has 0 N–H and O–H groups in total. The predicted octanol–water partition coefficient (Wildman–Crippen LogP) is 4.85. The first-order valence-corrected chi connectivity index (χ1v) is 9.45. The Morgan fingerprint density at radius 2 is 2.00 bits per heavy atom. The number of halogens is 1. The second-order valence-corrected chi connectivity index (χ2v) is 8.27. The molecule has 0 saturated carbocycles. The standard InChI is InChI=1S/C21H16FN2Se/c1-12-5-7-15-16-9-14(23-3)6-8-19(16)25-21(15)20(12)18-10-17(22)13(2)11-24(18)4/h5-11H,1-2,4H3/q+1/i2D3.